The van der Waals surface area contributed by atoms with Crippen molar-refractivity contribution in [2.75, 3.05) is 0 Å². The normalized spacial score (nSPS) is 28.2. The summed E-state index contributed by atoms with van der Waals surface area (Å²) in [4.78, 5) is 0. The molecule has 0 radical (unpaired) electrons. The molecule has 1 saturated carbocycles. The maximum atomic E-state index is 2.38. The van der Waals surface area contributed by atoms with Crippen molar-refractivity contribution >= 4 is 0 Å². The van der Waals surface area contributed by atoms with E-state index in [9.17, 15) is 0 Å². The van der Waals surface area contributed by atoms with Crippen molar-refractivity contribution in [3.8, 4) is 0 Å². The molecule has 0 saturated heterocycles. The Morgan fingerprint density at radius 3 is 1.94 bits per heavy atom. The van der Waals surface area contributed by atoms with Crippen molar-refractivity contribution in [3.63, 3.8) is 0 Å². The highest BCUT2D eigenvalue weighted by Gasteiger charge is 2.17. The SMILES string of the molecule is CCC1CCCCC(CCC(C)(C)C)CCC1. The van der Waals surface area contributed by atoms with Gasteiger partial charge in [0.2, 0.25) is 0 Å². The van der Waals surface area contributed by atoms with Gasteiger partial charge in [0.1, 0.15) is 0 Å². The van der Waals surface area contributed by atoms with Crippen LogP contribution in [0, 0.1) is 17.3 Å². The predicted octanol–water partition coefficient (Wildman–Crippen LogP) is 6.20. The lowest BCUT2D eigenvalue weighted by Crippen LogP contribution is -2.09. The standard InChI is InChI=1S/C17H34/c1-5-15-9-6-7-10-16(12-8-11-15)13-14-17(2,3)4/h15-16H,5-14H2,1-4H3. The number of rotatable bonds is 3. The molecule has 1 aliphatic rings. The lowest BCUT2D eigenvalue weighted by atomic mass is 9.83. The highest BCUT2D eigenvalue weighted by Crippen LogP contribution is 2.32. The van der Waals surface area contributed by atoms with Gasteiger partial charge >= 0.3 is 0 Å². The van der Waals surface area contributed by atoms with Crippen LogP contribution >= 0.6 is 0 Å². The molecule has 17 heavy (non-hydrogen) atoms. The van der Waals surface area contributed by atoms with Gasteiger partial charge in [-0.2, -0.15) is 0 Å². The molecular formula is C17H34. The molecular weight excluding hydrogens is 204 g/mol. The van der Waals surface area contributed by atoms with E-state index in [1.54, 1.807) is 0 Å². The topological polar surface area (TPSA) is 0 Å². The summed E-state index contributed by atoms with van der Waals surface area (Å²) in [6.07, 6.45) is 14.8. The van der Waals surface area contributed by atoms with Gasteiger partial charge in [0.15, 0.2) is 0 Å². The molecule has 0 amide bonds. The van der Waals surface area contributed by atoms with E-state index in [4.69, 9.17) is 0 Å². The fraction of sp³-hybridized carbons (Fsp3) is 1.00. The summed E-state index contributed by atoms with van der Waals surface area (Å²) in [5.74, 6) is 2.07. The monoisotopic (exact) mass is 238 g/mol. The Balaban J connectivity index is 2.31. The first-order chi connectivity index (χ1) is 8.01. The second kappa shape index (κ2) is 7.44. The van der Waals surface area contributed by atoms with Gasteiger partial charge in [-0.15, -0.1) is 0 Å². The molecule has 0 bridgehead atoms. The Morgan fingerprint density at radius 1 is 0.824 bits per heavy atom. The van der Waals surface area contributed by atoms with Gasteiger partial charge in [-0.25, -0.2) is 0 Å². The van der Waals surface area contributed by atoms with Crippen LogP contribution in [0.5, 0.6) is 0 Å². The minimum Gasteiger partial charge on any atom is -0.0651 e. The summed E-state index contributed by atoms with van der Waals surface area (Å²) in [6.45, 7) is 9.53. The van der Waals surface area contributed by atoms with Gasteiger partial charge in [0.05, 0.1) is 0 Å². The summed E-state index contributed by atoms with van der Waals surface area (Å²) in [5.41, 5.74) is 0.532. The largest absolute Gasteiger partial charge is 0.0651 e. The molecule has 0 aliphatic heterocycles. The summed E-state index contributed by atoms with van der Waals surface area (Å²) in [5, 5.41) is 0. The van der Waals surface area contributed by atoms with Crippen LogP contribution in [-0.4, -0.2) is 0 Å². The molecule has 0 aromatic heterocycles. The smallest absolute Gasteiger partial charge is 0.0383 e. The van der Waals surface area contributed by atoms with E-state index in [0.29, 0.717) is 5.41 Å². The van der Waals surface area contributed by atoms with Crippen LogP contribution in [0.3, 0.4) is 0 Å². The lowest BCUT2D eigenvalue weighted by Gasteiger charge is -2.23. The zero-order valence-corrected chi connectivity index (χ0v) is 12.7. The molecule has 1 fully saturated rings. The third-order valence-corrected chi connectivity index (χ3v) is 4.58. The van der Waals surface area contributed by atoms with Crippen LogP contribution < -0.4 is 0 Å². The van der Waals surface area contributed by atoms with Gasteiger partial charge in [0, 0.05) is 0 Å². The molecule has 0 aromatic rings. The second-order valence-electron chi connectivity index (χ2n) is 7.45. The maximum Gasteiger partial charge on any atom is -0.0383 e. The van der Waals surface area contributed by atoms with E-state index in [1.807, 2.05) is 0 Å². The highest BCUT2D eigenvalue weighted by atomic mass is 14.2. The van der Waals surface area contributed by atoms with Crippen molar-refractivity contribution in [2.24, 2.45) is 17.3 Å². The Morgan fingerprint density at radius 2 is 1.35 bits per heavy atom. The van der Waals surface area contributed by atoms with Gasteiger partial charge in [-0.05, 0) is 30.1 Å². The molecule has 0 N–H and O–H groups in total. The molecule has 0 heterocycles. The minimum atomic E-state index is 0.532. The summed E-state index contributed by atoms with van der Waals surface area (Å²) < 4.78 is 0. The average molecular weight is 238 g/mol. The van der Waals surface area contributed by atoms with E-state index in [-0.39, 0.29) is 0 Å². The van der Waals surface area contributed by atoms with Gasteiger partial charge in [-0.1, -0.05) is 79.1 Å². The van der Waals surface area contributed by atoms with Crippen LogP contribution in [0.4, 0.5) is 0 Å². The quantitative estimate of drug-likeness (QED) is 0.549. The molecule has 1 aliphatic carbocycles. The molecule has 0 spiro atoms. The second-order valence-corrected chi connectivity index (χ2v) is 7.45. The van der Waals surface area contributed by atoms with Crippen molar-refractivity contribution in [1.29, 1.82) is 0 Å². The van der Waals surface area contributed by atoms with Crippen LogP contribution in [-0.2, 0) is 0 Å². The number of hydrogen-bond donors (Lipinski definition) is 0. The van der Waals surface area contributed by atoms with Crippen molar-refractivity contribution in [2.45, 2.75) is 91.9 Å². The van der Waals surface area contributed by atoms with E-state index >= 15 is 0 Å². The molecule has 0 nitrogen and oxygen atoms in total. The first kappa shape index (κ1) is 15.1. The predicted molar refractivity (Wildman–Crippen MR) is 78.3 cm³/mol. The van der Waals surface area contributed by atoms with Gasteiger partial charge in [0.25, 0.3) is 0 Å². The highest BCUT2D eigenvalue weighted by molar-refractivity contribution is 4.70. The zero-order valence-electron chi connectivity index (χ0n) is 12.7. The third-order valence-electron chi connectivity index (χ3n) is 4.58. The molecule has 2 unspecified atom stereocenters. The minimum absolute atomic E-state index is 0.532. The maximum absolute atomic E-state index is 2.38. The Hall–Kier alpha value is 0. The molecule has 102 valence electrons. The fourth-order valence-electron chi connectivity index (χ4n) is 3.18. The summed E-state index contributed by atoms with van der Waals surface area (Å²) in [6, 6.07) is 0. The van der Waals surface area contributed by atoms with Gasteiger partial charge < -0.3 is 0 Å². The van der Waals surface area contributed by atoms with Gasteiger partial charge in [-0.3, -0.25) is 0 Å². The molecule has 0 aromatic carbocycles. The van der Waals surface area contributed by atoms with E-state index < -0.39 is 0 Å². The lowest BCUT2D eigenvalue weighted by molar-refractivity contribution is 0.297. The molecule has 0 heteroatoms. The van der Waals surface area contributed by atoms with E-state index in [1.165, 1.54) is 64.2 Å². The van der Waals surface area contributed by atoms with Crippen molar-refractivity contribution in [3.05, 3.63) is 0 Å². The van der Waals surface area contributed by atoms with Crippen LogP contribution in [0.25, 0.3) is 0 Å². The van der Waals surface area contributed by atoms with Crippen molar-refractivity contribution < 1.29 is 0 Å². The van der Waals surface area contributed by atoms with Crippen LogP contribution in [0.2, 0.25) is 0 Å². The zero-order chi connectivity index (χ0) is 12.7. The molecule has 1 rings (SSSR count). The van der Waals surface area contributed by atoms with E-state index in [0.717, 1.165) is 11.8 Å². The van der Waals surface area contributed by atoms with E-state index in [2.05, 4.69) is 27.7 Å². The fourth-order valence-corrected chi connectivity index (χ4v) is 3.18. The Bertz CT molecular complexity index is 187. The summed E-state index contributed by atoms with van der Waals surface area (Å²) in [7, 11) is 0. The van der Waals surface area contributed by atoms with Crippen molar-refractivity contribution in [1.82, 2.24) is 0 Å². The first-order valence-corrected chi connectivity index (χ1v) is 8.01. The average Bonchev–Trinajstić information content (AvgIpc) is 2.36. The Kier molecular flexibility index (Phi) is 6.59. The van der Waals surface area contributed by atoms with Crippen LogP contribution in [0.1, 0.15) is 91.9 Å². The number of hydrogen-bond acceptors (Lipinski definition) is 0. The Labute approximate surface area is 110 Å². The third kappa shape index (κ3) is 7.11. The summed E-state index contributed by atoms with van der Waals surface area (Å²) >= 11 is 0. The molecule has 2 atom stereocenters. The van der Waals surface area contributed by atoms with Crippen LogP contribution in [0.15, 0.2) is 0 Å². The first-order valence-electron chi connectivity index (χ1n) is 8.01.